The summed E-state index contributed by atoms with van der Waals surface area (Å²) in [7, 11) is 0. The molecule has 0 saturated carbocycles. The zero-order valence-corrected chi connectivity index (χ0v) is 12.8. The van der Waals surface area contributed by atoms with Gasteiger partial charge < -0.3 is 9.84 Å². The van der Waals surface area contributed by atoms with Crippen LogP contribution >= 0.6 is 0 Å². The summed E-state index contributed by atoms with van der Waals surface area (Å²) in [5.41, 5.74) is 0.177. The van der Waals surface area contributed by atoms with Gasteiger partial charge in [0.1, 0.15) is 11.3 Å². The van der Waals surface area contributed by atoms with Gasteiger partial charge in [0, 0.05) is 12.5 Å². The summed E-state index contributed by atoms with van der Waals surface area (Å²) in [4.78, 5) is 11.4. The fourth-order valence-electron chi connectivity index (χ4n) is 2.18. The van der Waals surface area contributed by atoms with Crippen molar-refractivity contribution in [1.82, 2.24) is 5.32 Å². The molecule has 0 aliphatic carbocycles. The Labute approximate surface area is 121 Å². The Hall–Kier alpha value is -1.55. The van der Waals surface area contributed by atoms with Crippen molar-refractivity contribution in [3.05, 3.63) is 29.8 Å². The van der Waals surface area contributed by atoms with Gasteiger partial charge in [0.15, 0.2) is 0 Å². The molecule has 4 heteroatoms. The smallest absolute Gasteiger partial charge is 0.323 e. The van der Waals surface area contributed by atoms with E-state index in [0.717, 1.165) is 17.7 Å². The normalized spacial score (nSPS) is 14.1. The van der Waals surface area contributed by atoms with Gasteiger partial charge in [0.05, 0.1) is 6.61 Å². The van der Waals surface area contributed by atoms with Crippen molar-refractivity contribution >= 4 is 5.97 Å². The number of para-hydroxylation sites is 1. The summed E-state index contributed by atoms with van der Waals surface area (Å²) in [5, 5.41) is 12.5. The molecule has 1 atom stereocenters. The van der Waals surface area contributed by atoms with Gasteiger partial charge in [-0.15, -0.1) is 0 Å². The lowest BCUT2D eigenvalue weighted by Gasteiger charge is -2.28. The predicted molar refractivity (Wildman–Crippen MR) is 80.2 cm³/mol. The second-order valence-electron chi connectivity index (χ2n) is 5.50. The number of carboxylic acid groups (broad SMARTS) is 1. The van der Waals surface area contributed by atoms with Crippen LogP contribution in [0.1, 0.15) is 39.7 Å². The maximum absolute atomic E-state index is 11.4. The van der Waals surface area contributed by atoms with E-state index in [4.69, 9.17) is 4.74 Å². The van der Waals surface area contributed by atoms with Crippen LogP contribution in [-0.4, -0.2) is 29.3 Å². The average Bonchev–Trinajstić information content (AvgIpc) is 2.38. The van der Waals surface area contributed by atoms with Crippen molar-refractivity contribution in [1.29, 1.82) is 0 Å². The van der Waals surface area contributed by atoms with Crippen molar-refractivity contribution in [2.24, 2.45) is 0 Å². The van der Waals surface area contributed by atoms with E-state index in [2.05, 4.69) is 12.2 Å². The van der Waals surface area contributed by atoms with E-state index in [0.29, 0.717) is 13.0 Å². The SMILES string of the molecule is CCc1ccccc1OCCC(C)(NC(C)C)C(=O)O. The molecule has 0 heterocycles. The molecule has 0 bridgehead atoms. The van der Waals surface area contributed by atoms with Crippen LogP contribution < -0.4 is 10.1 Å². The molecular weight excluding hydrogens is 254 g/mol. The molecule has 2 N–H and O–H groups in total. The van der Waals surface area contributed by atoms with Gasteiger partial charge in [-0.3, -0.25) is 10.1 Å². The maximum atomic E-state index is 11.4. The molecule has 1 aromatic rings. The molecule has 0 aliphatic rings. The fourth-order valence-corrected chi connectivity index (χ4v) is 2.18. The molecule has 1 rings (SSSR count). The Morgan fingerprint density at radius 2 is 2.05 bits per heavy atom. The lowest BCUT2D eigenvalue weighted by Crippen LogP contribution is -2.53. The number of ether oxygens (including phenoxy) is 1. The molecule has 0 aromatic heterocycles. The van der Waals surface area contributed by atoms with E-state index in [1.165, 1.54) is 0 Å². The number of benzene rings is 1. The first-order valence-corrected chi connectivity index (χ1v) is 7.11. The minimum Gasteiger partial charge on any atom is -0.493 e. The lowest BCUT2D eigenvalue weighted by atomic mass is 9.97. The van der Waals surface area contributed by atoms with Crippen molar-refractivity contribution in [3.63, 3.8) is 0 Å². The molecule has 0 radical (unpaired) electrons. The molecule has 0 saturated heterocycles. The largest absolute Gasteiger partial charge is 0.493 e. The van der Waals surface area contributed by atoms with E-state index < -0.39 is 11.5 Å². The monoisotopic (exact) mass is 279 g/mol. The molecule has 4 nitrogen and oxygen atoms in total. The lowest BCUT2D eigenvalue weighted by molar-refractivity contribution is -0.145. The summed E-state index contributed by atoms with van der Waals surface area (Å²) in [5.74, 6) is -0.00846. The Kier molecular flexibility index (Phi) is 6.02. The third-order valence-electron chi connectivity index (χ3n) is 3.29. The van der Waals surface area contributed by atoms with Crippen LogP contribution in [0.3, 0.4) is 0 Å². The van der Waals surface area contributed by atoms with Crippen LogP contribution in [-0.2, 0) is 11.2 Å². The van der Waals surface area contributed by atoms with Crippen molar-refractivity contribution in [2.75, 3.05) is 6.61 Å². The van der Waals surface area contributed by atoms with Crippen LogP contribution in [0.5, 0.6) is 5.75 Å². The number of carbonyl (C=O) groups is 1. The topological polar surface area (TPSA) is 58.6 Å². The van der Waals surface area contributed by atoms with Gasteiger partial charge in [-0.25, -0.2) is 0 Å². The predicted octanol–water partition coefficient (Wildman–Crippen LogP) is 2.86. The van der Waals surface area contributed by atoms with Gasteiger partial charge >= 0.3 is 5.97 Å². The number of nitrogens with one attached hydrogen (secondary N) is 1. The third kappa shape index (κ3) is 4.53. The van der Waals surface area contributed by atoms with E-state index >= 15 is 0 Å². The molecule has 0 aliphatic heterocycles. The summed E-state index contributed by atoms with van der Waals surface area (Å²) in [6, 6.07) is 7.97. The van der Waals surface area contributed by atoms with E-state index in [-0.39, 0.29) is 6.04 Å². The molecular formula is C16H25NO3. The molecule has 1 aromatic carbocycles. The Balaban J connectivity index is 2.63. The average molecular weight is 279 g/mol. The van der Waals surface area contributed by atoms with Crippen LogP contribution in [0.4, 0.5) is 0 Å². The van der Waals surface area contributed by atoms with E-state index in [9.17, 15) is 9.90 Å². The van der Waals surface area contributed by atoms with Crippen molar-refractivity contribution in [3.8, 4) is 5.75 Å². The Morgan fingerprint density at radius 1 is 1.40 bits per heavy atom. The maximum Gasteiger partial charge on any atom is 0.323 e. The van der Waals surface area contributed by atoms with Crippen LogP contribution in [0.15, 0.2) is 24.3 Å². The van der Waals surface area contributed by atoms with Gasteiger partial charge in [0.25, 0.3) is 0 Å². The van der Waals surface area contributed by atoms with Gasteiger partial charge in [-0.05, 0) is 38.8 Å². The second kappa shape index (κ2) is 7.29. The summed E-state index contributed by atoms with van der Waals surface area (Å²) < 4.78 is 5.75. The molecule has 1 unspecified atom stereocenters. The number of rotatable bonds is 8. The molecule has 20 heavy (non-hydrogen) atoms. The Morgan fingerprint density at radius 3 is 2.60 bits per heavy atom. The number of hydrogen-bond acceptors (Lipinski definition) is 3. The number of hydrogen-bond donors (Lipinski definition) is 2. The highest BCUT2D eigenvalue weighted by Crippen LogP contribution is 2.20. The third-order valence-corrected chi connectivity index (χ3v) is 3.29. The zero-order valence-electron chi connectivity index (χ0n) is 12.8. The minimum atomic E-state index is -0.963. The molecule has 112 valence electrons. The standard InChI is InChI=1S/C16H25NO3/c1-5-13-8-6-7-9-14(13)20-11-10-16(4,15(18)19)17-12(2)3/h6-9,12,17H,5,10-11H2,1-4H3,(H,18,19). The number of aryl methyl sites for hydroxylation is 1. The molecule has 0 fully saturated rings. The first-order valence-electron chi connectivity index (χ1n) is 7.11. The van der Waals surface area contributed by atoms with E-state index in [1.807, 2.05) is 38.1 Å². The molecule has 0 amide bonds. The van der Waals surface area contributed by atoms with Crippen LogP contribution in [0, 0.1) is 0 Å². The number of aliphatic carboxylic acids is 1. The van der Waals surface area contributed by atoms with Gasteiger partial charge in [-0.2, -0.15) is 0 Å². The summed E-state index contributed by atoms with van der Waals surface area (Å²) in [6.45, 7) is 8.02. The molecule has 0 spiro atoms. The Bertz CT molecular complexity index is 445. The first kappa shape index (κ1) is 16.5. The summed E-state index contributed by atoms with van der Waals surface area (Å²) >= 11 is 0. The highest BCUT2D eigenvalue weighted by atomic mass is 16.5. The highest BCUT2D eigenvalue weighted by molar-refractivity contribution is 5.78. The van der Waals surface area contributed by atoms with Gasteiger partial charge in [0.2, 0.25) is 0 Å². The van der Waals surface area contributed by atoms with Crippen molar-refractivity contribution < 1.29 is 14.6 Å². The number of carboxylic acids is 1. The zero-order chi connectivity index (χ0) is 15.2. The van der Waals surface area contributed by atoms with Crippen molar-refractivity contribution in [2.45, 2.75) is 52.1 Å². The summed E-state index contributed by atoms with van der Waals surface area (Å²) in [6.07, 6.45) is 1.31. The first-order chi connectivity index (χ1) is 9.39. The van der Waals surface area contributed by atoms with Crippen LogP contribution in [0.2, 0.25) is 0 Å². The minimum absolute atomic E-state index is 0.110. The van der Waals surface area contributed by atoms with Crippen LogP contribution in [0.25, 0.3) is 0 Å². The van der Waals surface area contributed by atoms with E-state index in [1.54, 1.807) is 6.92 Å². The van der Waals surface area contributed by atoms with Gasteiger partial charge in [-0.1, -0.05) is 25.1 Å². The highest BCUT2D eigenvalue weighted by Gasteiger charge is 2.33. The quantitative estimate of drug-likeness (QED) is 0.768. The fraction of sp³-hybridized carbons (Fsp3) is 0.562. The second-order valence-corrected chi connectivity index (χ2v) is 5.50.